The van der Waals surface area contributed by atoms with Crippen molar-refractivity contribution in [3.8, 4) is 0 Å². The lowest BCUT2D eigenvalue weighted by Crippen LogP contribution is -2.40. The number of hydrogen-bond acceptors (Lipinski definition) is 3. The van der Waals surface area contributed by atoms with Crippen molar-refractivity contribution in [1.29, 1.82) is 0 Å². The van der Waals surface area contributed by atoms with E-state index in [4.69, 9.17) is 0 Å². The number of hydrazone groups is 1. The van der Waals surface area contributed by atoms with Gasteiger partial charge in [0.15, 0.2) is 0 Å². The Hall–Kier alpha value is -2.43. The summed E-state index contributed by atoms with van der Waals surface area (Å²) < 4.78 is 0. The second-order valence-electron chi connectivity index (χ2n) is 5.85. The number of amides is 3. The van der Waals surface area contributed by atoms with Crippen LogP contribution < -0.4 is 5.32 Å². The lowest BCUT2D eigenvalue weighted by Gasteiger charge is -2.21. The highest BCUT2D eigenvalue weighted by Crippen LogP contribution is 2.29. The zero-order valence-corrected chi connectivity index (χ0v) is 12.5. The smallest absolute Gasteiger partial charge is 0.318 e. The topological polar surface area (TPSA) is 61.8 Å². The van der Waals surface area contributed by atoms with Gasteiger partial charge in [-0.05, 0) is 37.7 Å². The number of urea groups is 1. The van der Waals surface area contributed by atoms with E-state index in [2.05, 4.69) is 22.6 Å². The third kappa shape index (κ3) is 2.54. The largest absolute Gasteiger partial charge is 0.346 e. The summed E-state index contributed by atoms with van der Waals surface area (Å²) in [5.74, 6) is -0.0551. The van der Waals surface area contributed by atoms with Crippen molar-refractivity contribution in [3.63, 3.8) is 0 Å². The average molecular weight is 297 g/mol. The molecule has 0 unspecified atom stereocenters. The number of carbonyl (C=O) groups is 2. The van der Waals surface area contributed by atoms with E-state index in [9.17, 15) is 9.59 Å². The van der Waals surface area contributed by atoms with E-state index >= 15 is 0 Å². The molecule has 1 aromatic carbocycles. The second kappa shape index (κ2) is 5.75. The van der Waals surface area contributed by atoms with E-state index in [1.54, 1.807) is 13.1 Å². The molecule has 2 atom stereocenters. The molecule has 1 heterocycles. The molecule has 0 radical (unpaired) electrons. The first-order chi connectivity index (χ1) is 10.6. The molecule has 1 fully saturated rings. The van der Waals surface area contributed by atoms with Crippen LogP contribution in [0.3, 0.4) is 0 Å². The third-order valence-electron chi connectivity index (χ3n) is 4.22. The summed E-state index contributed by atoms with van der Waals surface area (Å²) in [5, 5.41) is 7.84. The number of benzene rings is 1. The quantitative estimate of drug-likeness (QED) is 0.530. The van der Waals surface area contributed by atoms with Crippen LogP contribution in [0.5, 0.6) is 0 Å². The Morgan fingerprint density at radius 1 is 1.27 bits per heavy atom. The fraction of sp³-hybridized carbons (Fsp3) is 0.353. The van der Waals surface area contributed by atoms with Crippen LogP contribution in [0, 0.1) is 5.92 Å². The van der Waals surface area contributed by atoms with Gasteiger partial charge in [0.25, 0.3) is 5.91 Å². The summed E-state index contributed by atoms with van der Waals surface area (Å²) in [6.07, 6.45) is 8.89. The van der Waals surface area contributed by atoms with Crippen molar-refractivity contribution >= 4 is 18.2 Å². The standard InChI is InChI=1S/C17H19N3O2/c1-17(14-10-6-3-7-11-14)15(21)20(16(22)19-17)18-12-13-8-4-2-5-9-13/h2-4,6-7,10-13H,5,8-9H2,1H3,(H,19,22)/b18-12-/t13-,17+/m0/s1. The van der Waals surface area contributed by atoms with Gasteiger partial charge in [0.1, 0.15) is 5.54 Å². The Bertz CT molecular complexity index is 639. The third-order valence-corrected chi connectivity index (χ3v) is 4.22. The second-order valence-corrected chi connectivity index (χ2v) is 5.85. The van der Waals surface area contributed by atoms with Crippen molar-refractivity contribution in [1.82, 2.24) is 10.3 Å². The molecule has 1 aliphatic heterocycles. The number of nitrogens with zero attached hydrogens (tertiary/aromatic N) is 2. The fourth-order valence-electron chi connectivity index (χ4n) is 2.81. The van der Waals surface area contributed by atoms with Crippen LogP contribution in [0.4, 0.5) is 4.79 Å². The van der Waals surface area contributed by atoms with Gasteiger partial charge in [0.2, 0.25) is 0 Å². The molecule has 0 aromatic heterocycles. The molecule has 5 nitrogen and oxygen atoms in total. The summed E-state index contributed by atoms with van der Waals surface area (Å²) in [7, 11) is 0. The zero-order chi connectivity index (χ0) is 15.6. The zero-order valence-electron chi connectivity index (χ0n) is 12.5. The molecular weight excluding hydrogens is 278 g/mol. The number of allylic oxidation sites excluding steroid dienone is 2. The fourth-order valence-corrected chi connectivity index (χ4v) is 2.81. The number of hydrogen-bond donors (Lipinski definition) is 1. The molecule has 3 amide bonds. The minimum absolute atomic E-state index is 0.286. The lowest BCUT2D eigenvalue weighted by molar-refractivity contribution is -0.131. The van der Waals surface area contributed by atoms with E-state index in [1.807, 2.05) is 30.3 Å². The van der Waals surface area contributed by atoms with E-state index in [0.29, 0.717) is 0 Å². The monoisotopic (exact) mass is 297 g/mol. The van der Waals surface area contributed by atoms with Gasteiger partial charge in [0.05, 0.1) is 0 Å². The molecule has 2 aliphatic rings. The van der Waals surface area contributed by atoms with Gasteiger partial charge in [-0.25, -0.2) is 4.79 Å². The first-order valence-electron chi connectivity index (χ1n) is 7.52. The summed E-state index contributed by atoms with van der Waals surface area (Å²) in [4.78, 5) is 24.7. The Morgan fingerprint density at radius 3 is 2.73 bits per heavy atom. The Labute approximate surface area is 129 Å². The highest BCUT2D eigenvalue weighted by Gasteiger charge is 2.49. The van der Waals surface area contributed by atoms with Crippen LogP contribution in [0.15, 0.2) is 47.6 Å². The lowest BCUT2D eigenvalue weighted by atomic mass is 9.92. The van der Waals surface area contributed by atoms with Crippen molar-refractivity contribution in [2.45, 2.75) is 31.7 Å². The summed E-state index contributed by atoms with van der Waals surface area (Å²) in [6.45, 7) is 1.71. The molecule has 1 N–H and O–H groups in total. The molecular formula is C17H19N3O2. The first kappa shape index (κ1) is 14.5. The summed E-state index contributed by atoms with van der Waals surface area (Å²) >= 11 is 0. The molecule has 22 heavy (non-hydrogen) atoms. The van der Waals surface area contributed by atoms with E-state index < -0.39 is 11.6 Å². The summed E-state index contributed by atoms with van der Waals surface area (Å²) in [6, 6.07) is 8.76. The van der Waals surface area contributed by atoms with Crippen molar-refractivity contribution in [2.75, 3.05) is 0 Å². The number of nitrogens with one attached hydrogen (secondary N) is 1. The van der Waals surface area contributed by atoms with E-state index in [0.717, 1.165) is 29.8 Å². The Balaban J connectivity index is 1.80. The predicted octanol–water partition coefficient (Wildman–Crippen LogP) is 2.80. The van der Waals surface area contributed by atoms with E-state index in [-0.39, 0.29) is 11.8 Å². The van der Waals surface area contributed by atoms with Crippen LogP contribution in [-0.2, 0) is 10.3 Å². The van der Waals surface area contributed by atoms with Gasteiger partial charge >= 0.3 is 6.03 Å². The van der Waals surface area contributed by atoms with Crippen LogP contribution in [-0.4, -0.2) is 23.2 Å². The first-order valence-corrected chi connectivity index (χ1v) is 7.52. The molecule has 0 spiro atoms. The van der Waals surface area contributed by atoms with Gasteiger partial charge in [-0.2, -0.15) is 5.10 Å². The Kier molecular flexibility index (Phi) is 3.79. The van der Waals surface area contributed by atoms with Crippen molar-refractivity contribution in [2.24, 2.45) is 11.0 Å². The maximum Gasteiger partial charge on any atom is 0.346 e. The molecule has 0 saturated carbocycles. The van der Waals surface area contributed by atoms with Gasteiger partial charge < -0.3 is 5.32 Å². The number of imide groups is 1. The van der Waals surface area contributed by atoms with Crippen molar-refractivity contribution in [3.05, 3.63) is 48.0 Å². The molecule has 5 heteroatoms. The van der Waals surface area contributed by atoms with Crippen LogP contribution in [0.1, 0.15) is 31.7 Å². The average Bonchev–Trinajstić information content (AvgIpc) is 2.78. The minimum atomic E-state index is -1.05. The minimum Gasteiger partial charge on any atom is -0.318 e. The van der Waals surface area contributed by atoms with Gasteiger partial charge in [-0.15, -0.1) is 5.01 Å². The highest BCUT2D eigenvalue weighted by atomic mass is 16.2. The molecule has 114 valence electrons. The molecule has 0 bridgehead atoms. The van der Waals surface area contributed by atoms with Crippen LogP contribution >= 0.6 is 0 Å². The van der Waals surface area contributed by atoms with Gasteiger partial charge in [-0.1, -0.05) is 42.5 Å². The highest BCUT2D eigenvalue weighted by molar-refractivity contribution is 6.07. The number of rotatable bonds is 3. The number of carbonyl (C=O) groups excluding carboxylic acids is 2. The maximum absolute atomic E-state index is 12.6. The molecule has 1 aliphatic carbocycles. The predicted molar refractivity (Wildman–Crippen MR) is 84.1 cm³/mol. The van der Waals surface area contributed by atoms with Crippen LogP contribution in [0.2, 0.25) is 0 Å². The van der Waals surface area contributed by atoms with Gasteiger partial charge in [-0.3, -0.25) is 4.79 Å². The molecule has 1 aromatic rings. The normalized spacial score (nSPS) is 28.4. The van der Waals surface area contributed by atoms with E-state index in [1.165, 1.54) is 0 Å². The molecule has 3 rings (SSSR count). The SMILES string of the molecule is C[C@]1(c2ccccc2)NC(=O)N(/N=C\[C@H]2CC=CCC2)C1=O. The summed E-state index contributed by atoms with van der Waals surface area (Å²) in [5.41, 5.74) is -0.297. The maximum atomic E-state index is 12.6. The molecule has 1 saturated heterocycles. The van der Waals surface area contributed by atoms with Crippen molar-refractivity contribution < 1.29 is 9.59 Å². The van der Waals surface area contributed by atoms with Crippen LogP contribution in [0.25, 0.3) is 0 Å². The Morgan fingerprint density at radius 2 is 2.05 bits per heavy atom. The van der Waals surface area contributed by atoms with Gasteiger partial charge in [0, 0.05) is 6.21 Å².